The Morgan fingerprint density at radius 1 is 0.955 bits per heavy atom. The number of aromatic nitrogens is 1. The normalized spacial score (nSPS) is 13.6. The van der Waals surface area contributed by atoms with Gasteiger partial charge in [-0.15, -0.1) is 20.4 Å². The molecule has 1 rings (SSSR count). The highest BCUT2D eigenvalue weighted by Gasteiger charge is 2.27. The van der Waals surface area contributed by atoms with Crippen LogP contribution in [0.5, 0.6) is 0 Å². The minimum absolute atomic E-state index is 0.485. The topological polar surface area (TPSA) is 230 Å². The Morgan fingerprint density at radius 2 is 1.45 bits per heavy atom. The number of nitrogens with zero attached hydrogens (tertiary/aromatic N) is 5. The lowest BCUT2D eigenvalue weighted by atomic mass is 10.5. The predicted octanol–water partition coefficient (Wildman–Crippen LogP) is -0.850. The highest BCUT2D eigenvalue weighted by molar-refractivity contribution is 8.06. The molecule has 0 amide bonds. The second-order valence-electron chi connectivity index (χ2n) is 3.39. The van der Waals surface area contributed by atoms with Gasteiger partial charge in [0, 0.05) is 6.20 Å². The van der Waals surface area contributed by atoms with Crippen LogP contribution < -0.4 is 11.7 Å². The van der Waals surface area contributed by atoms with Crippen molar-refractivity contribution in [1.82, 2.24) is 4.98 Å². The van der Waals surface area contributed by atoms with Crippen LogP contribution in [0.1, 0.15) is 0 Å². The van der Waals surface area contributed by atoms with E-state index in [0.29, 0.717) is 6.20 Å². The first-order chi connectivity index (χ1) is 10.2. The number of nitrogens with two attached hydrogens (primary N) is 2. The first-order valence-electron chi connectivity index (χ1n) is 5.02. The van der Waals surface area contributed by atoms with Crippen molar-refractivity contribution < 1.29 is 16.8 Å². The number of hydrogen-bond donors (Lipinski definition) is 4. The lowest BCUT2D eigenvalue weighted by Gasteiger charge is -2.04. The van der Waals surface area contributed by atoms with Gasteiger partial charge in [0.25, 0.3) is 20.2 Å². The molecule has 22 heavy (non-hydrogen) atoms. The molecule has 6 N–H and O–H groups in total. The molecule has 1 aromatic rings. The van der Waals surface area contributed by atoms with Crippen LogP contribution in [0, 0.1) is 11.1 Å². The lowest BCUT2D eigenvalue weighted by molar-refractivity contribution is 0.599. The molecular formula is C7H9N9O4S2. The van der Waals surface area contributed by atoms with Gasteiger partial charge in [-0.1, -0.05) is 0 Å². The molecule has 0 atom stereocenters. The van der Waals surface area contributed by atoms with E-state index in [4.69, 9.17) is 22.7 Å². The zero-order chi connectivity index (χ0) is 17.0. The first-order valence-corrected chi connectivity index (χ1v) is 7.99. The lowest BCUT2D eigenvalue weighted by Crippen LogP contribution is -2.17. The van der Waals surface area contributed by atoms with Crippen molar-refractivity contribution in [2.75, 3.05) is 0 Å². The summed E-state index contributed by atoms with van der Waals surface area (Å²) >= 11 is 0. The first kappa shape index (κ1) is 17.2. The Hall–Kier alpha value is -2.81. The van der Waals surface area contributed by atoms with E-state index in [1.54, 1.807) is 0 Å². The molecule has 0 aliphatic rings. The Morgan fingerprint density at radius 3 is 1.82 bits per heavy atom. The van der Waals surface area contributed by atoms with Crippen LogP contribution in [0.3, 0.4) is 0 Å². The molecule has 0 bridgehead atoms. The van der Waals surface area contributed by atoms with Crippen molar-refractivity contribution in [3.63, 3.8) is 0 Å². The minimum Gasteiger partial charge on any atom is -0.320 e. The number of pyridine rings is 1. The number of amidine groups is 2. The third kappa shape index (κ3) is 2.93. The van der Waals surface area contributed by atoms with Crippen molar-refractivity contribution in [3.05, 3.63) is 18.3 Å². The van der Waals surface area contributed by atoms with Crippen LogP contribution in [-0.2, 0) is 19.7 Å². The van der Waals surface area contributed by atoms with Gasteiger partial charge >= 0.3 is 0 Å². The third-order valence-electron chi connectivity index (χ3n) is 2.19. The van der Waals surface area contributed by atoms with Gasteiger partial charge < -0.3 is 11.7 Å². The Kier molecular flexibility index (Phi) is 4.94. The summed E-state index contributed by atoms with van der Waals surface area (Å²) in [5, 5.41) is 8.33. The Balaban J connectivity index is 3.39. The summed E-state index contributed by atoms with van der Waals surface area (Å²) in [7, 11) is -8.64. The van der Waals surface area contributed by atoms with Gasteiger partial charge in [0.05, 0.1) is 4.90 Å². The van der Waals surface area contributed by atoms with Crippen molar-refractivity contribution >= 4 is 30.0 Å². The molecule has 0 aliphatic carbocycles. The van der Waals surface area contributed by atoms with E-state index < -0.39 is 39.9 Å². The van der Waals surface area contributed by atoms with E-state index in [0.717, 1.165) is 12.1 Å². The monoisotopic (exact) mass is 347 g/mol. The highest BCUT2D eigenvalue weighted by atomic mass is 32.2. The fraction of sp³-hybridized carbons (Fsp3) is 0. The number of hydrogen-bond acceptors (Lipinski definition) is 11. The molecule has 0 fully saturated rings. The van der Waals surface area contributed by atoms with Crippen LogP contribution in [0.25, 0.3) is 0 Å². The molecule has 118 valence electrons. The third-order valence-corrected chi connectivity index (χ3v) is 5.20. The summed E-state index contributed by atoms with van der Waals surface area (Å²) < 4.78 is 47.5. The minimum atomic E-state index is -4.35. The summed E-state index contributed by atoms with van der Waals surface area (Å²) in [6.45, 7) is 0. The summed E-state index contributed by atoms with van der Waals surface area (Å²) in [5.41, 5.74) is 13.3. The fourth-order valence-electron chi connectivity index (χ4n) is 1.20. The van der Waals surface area contributed by atoms with Crippen molar-refractivity contribution in [1.29, 1.82) is 11.1 Å². The van der Waals surface area contributed by atoms with E-state index >= 15 is 0 Å². The maximum Gasteiger partial charge on any atom is 0.290 e. The molecule has 0 saturated carbocycles. The smallest absolute Gasteiger partial charge is 0.290 e. The molecule has 0 aliphatic heterocycles. The fourth-order valence-corrected chi connectivity index (χ4v) is 2.99. The average Bonchev–Trinajstić information content (AvgIpc) is 2.49. The molecule has 0 saturated heterocycles. The maximum absolute atomic E-state index is 11.9. The summed E-state index contributed by atoms with van der Waals surface area (Å²) in [5.74, 6) is 9.59. The number of hydrazone groups is 2. The predicted molar refractivity (Wildman–Crippen MR) is 72.1 cm³/mol. The van der Waals surface area contributed by atoms with Gasteiger partial charge in [-0.2, -0.15) is 0 Å². The van der Waals surface area contributed by atoms with Gasteiger partial charge in [-0.3, -0.25) is 0 Å². The molecule has 0 unspecified atom stereocenters. The molecule has 0 spiro atoms. The van der Waals surface area contributed by atoms with E-state index in [1.807, 2.05) is 0 Å². The maximum atomic E-state index is 11.9. The number of sulfone groups is 2. The van der Waals surface area contributed by atoms with Gasteiger partial charge in [-0.05, 0) is 12.1 Å². The molecule has 1 aromatic heterocycles. The summed E-state index contributed by atoms with van der Waals surface area (Å²) in [6, 6.07) is 1.71. The summed E-state index contributed by atoms with van der Waals surface area (Å²) in [4.78, 5) is 2.95. The second-order valence-corrected chi connectivity index (χ2v) is 7.02. The Labute approximate surface area is 124 Å². The molecule has 15 heteroatoms. The second kappa shape index (κ2) is 6.31. The molecule has 13 nitrogen and oxygen atoms in total. The van der Waals surface area contributed by atoms with Crippen LogP contribution in [0.15, 0.2) is 48.7 Å². The van der Waals surface area contributed by atoms with Gasteiger partial charge in [0.15, 0.2) is 5.03 Å². The zero-order valence-electron chi connectivity index (χ0n) is 10.6. The largest absolute Gasteiger partial charge is 0.320 e. The van der Waals surface area contributed by atoms with Gasteiger partial charge in [0.1, 0.15) is 0 Å². The SMILES string of the molecule is N=NC(=NN)S(=O)(=O)c1ccc(S(=O)(=O)C(N=N)=NN)nc1. The highest BCUT2D eigenvalue weighted by Crippen LogP contribution is 2.16. The van der Waals surface area contributed by atoms with Crippen LogP contribution >= 0.6 is 0 Å². The molecule has 0 radical (unpaired) electrons. The van der Waals surface area contributed by atoms with Crippen LogP contribution in [-0.4, -0.2) is 32.2 Å². The van der Waals surface area contributed by atoms with E-state index in [1.165, 1.54) is 0 Å². The van der Waals surface area contributed by atoms with Crippen molar-refractivity contribution in [2.24, 2.45) is 32.1 Å². The molecular weight excluding hydrogens is 338 g/mol. The standard InChI is InChI=1S/C7H9N9O4S2/c8-13-6(14-9)21(17,18)4-1-2-5(12-3-4)22(19,20)7(15-10)16-11/h1-3,8,10H,9,11H2. The van der Waals surface area contributed by atoms with E-state index in [9.17, 15) is 16.8 Å². The average molecular weight is 347 g/mol. The molecule has 0 aromatic carbocycles. The number of rotatable bonds is 2. The van der Waals surface area contributed by atoms with E-state index in [2.05, 4.69) is 25.4 Å². The van der Waals surface area contributed by atoms with Crippen LogP contribution in [0.4, 0.5) is 0 Å². The number of nitrogens with one attached hydrogen (secondary N) is 2. The van der Waals surface area contributed by atoms with Crippen molar-refractivity contribution in [3.8, 4) is 0 Å². The molecule has 1 heterocycles. The van der Waals surface area contributed by atoms with E-state index in [-0.39, 0.29) is 0 Å². The van der Waals surface area contributed by atoms with Crippen molar-refractivity contribution in [2.45, 2.75) is 9.92 Å². The zero-order valence-corrected chi connectivity index (χ0v) is 12.2. The van der Waals surface area contributed by atoms with Gasteiger partial charge in [-0.25, -0.2) is 32.9 Å². The quantitative estimate of drug-likeness (QED) is 0.174. The van der Waals surface area contributed by atoms with Gasteiger partial charge in [0.2, 0.25) is 9.84 Å². The summed E-state index contributed by atoms with van der Waals surface area (Å²) in [6.07, 6.45) is 0.691. The van der Waals surface area contributed by atoms with Crippen LogP contribution in [0.2, 0.25) is 0 Å². The Bertz CT molecular complexity index is 781.